The highest BCUT2D eigenvalue weighted by molar-refractivity contribution is 5.76. The van der Waals surface area contributed by atoms with E-state index in [1.807, 2.05) is 36.2 Å². The number of hydrogen-bond donors (Lipinski definition) is 3. The third-order valence-corrected chi connectivity index (χ3v) is 8.55. The van der Waals surface area contributed by atoms with Crippen molar-refractivity contribution in [1.82, 2.24) is 24.6 Å². The van der Waals surface area contributed by atoms with Crippen LogP contribution in [0.4, 0.5) is 26.1 Å². The van der Waals surface area contributed by atoms with Crippen LogP contribution in [0, 0.1) is 23.2 Å². The second-order valence-electron chi connectivity index (χ2n) is 12.3. The molecule has 5 rings (SSSR count). The first kappa shape index (κ1) is 29.9. The van der Waals surface area contributed by atoms with Crippen molar-refractivity contribution in [3.05, 3.63) is 47.4 Å². The van der Waals surface area contributed by atoms with Gasteiger partial charge in [-0.1, -0.05) is 20.8 Å². The Labute approximate surface area is 246 Å². The third kappa shape index (κ3) is 6.55. The fourth-order valence-electron chi connectivity index (χ4n) is 5.92. The minimum Gasteiger partial charge on any atom is -0.395 e. The molecular weight excluding hydrogens is 538 g/mol. The largest absolute Gasteiger partial charge is 0.395 e. The lowest BCUT2D eigenvalue weighted by atomic mass is 9.83. The number of alkyl halides is 2. The Morgan fingerprint density at radius 2 is 2.05 bits per heavy atom. The Morgan fingerprint density at radius 3 is 2.74 bits per heavy atom. The molecule has 1 saturated heterocycles. The van der Waals surface area contributed by atoms with Gasteiger partial charge in [0.2, 0.25) is 5.95 Å². The number of nitrogens with zero attached hydrogens (tertiary/aromatic N) is 6. The number of aromatic nitrogens is 4. The van der Waals surface area contributed by atoms with Crippen LogP contribution < -0.4 is 10.6 Å². The van der Waals surface area contributed by atoms with Gasteiger partial charge in [-0.2, -0.15) is 10.4 Å². The first-order valence-electron chi connectivity index (χ1n) is 14.8. The normalized spacial score (nSPS) is 19.2. The highest BCUT2D eigenvalue weighted by atomic mass is 19.3. The minimum atomic E-state index is -2.29. The maximum atomic E-state index is 12.8. The lowest BCUT2D eigenvalue weighted by molar-refractivity contribution is 0.0665. The van der Waals surface area contributed by atoms with Gasteiger partial charge in [0.25, 0.3) is 6.43 Å². The summed E-state index contributed by atoms with van der Waals surface area (Å²) in [5, 5.41) is 31.3. The van der Waals surface area contributed by atoms with E-state index in [4.69, 9.17) is 10.1 Å². The Morgan fingerprint density at radius 1 is 1.26 bits per heavy atom. The van der Waals surface area contributed by atoms with E-state index in [1.165, 1.54) is 0 Å². The third-order valence-electron chi connectivity index (χ3n) is 8.55. The maximum absolute atomic E-state index is 12.8. The van der Waals surface area contributed by atoms with Crippen LogP contribution in [-0.2, 0) is 18.4 Å². The van der Waals surface area contributed by atoms with Gasteiger partial charge >= 0.3 is 0 Å². The summed E-state index contributed by atoms with van der Waals surface area (Å²) >= 11 is 0. The molecule has 4 heterocycles. The van der Waals surface area contributed by atoms with Gasteiger partial charge in [0.15, 0.2) is 0 Å². The molecule has 3 N–H and O–H groups in total. The molecular formula is C31H40F2N8O. The Hall–Kier alpha value is -3.62. The van der Waals surface area contributed by atoms with E-state index < -0.39 is 11.8 Å². The van der Waals surface area contributed by atoms with Crippen molar-refractivity contribution in [3.63, 3.8) is 0 Å². The van der Waals surface area contributed by atoms with Gasteiger partial charge in [-0.15, -0.1) is 0 Å². The van der Waals surface area contributed by atoms with Crippen molar-refractivity contribution >= 4 is 17.3 Å². The number of benzene rings is 1. The molecule has 0 aliphatic carbocycles. The molecule has 0 amide bonds. The van der Waals surface area contributed by atoms with Gasteiger partial charge in [-0.25, -0.2) is 18.7 Å². The van der Waals surface area contributed by atoms with E-state index in [2.05, 4.69) is 40.2 Å². The van der Waals surface area contributed by atoms with Gasteiger partial charge in [-0.05, 0) is 74.4 Å². The topological polar surface area (TPSA) is 115 Å². The standard InChI is InChI=1S/C31H40F2N8O/c1-20(2)4-5-27-26(15-37-41(27)16-21-7-10-40(11-8-21)17-28(32)33)39-30-35-9-6-25(38-30)22-12-23(14-34)29-24(13-22)31(3,19-42)18-36-29/h6,9,12-13,15,20-21,28,36,42H,4-5,7-8,10-11,16-19H2,1-3H3,(H,35,38,39). The molecule has 3 aromatic rings. The van der Waals surface area contributed by atoms with Gasteiger partial charge < -0.3 is 15.7 Å². The molecule has 1 aromatic carbocycles. The van der Waals surface area contributed by atoms with Crippen molar-refractivity contribution in [1.29, 1.82) is 5.26 Å². The van der Waals surface area contributed by atoms with Crippen LogP contribution in [0.15, 0.2) is 30.6 Å². The second-order valence-corrected chi connectivity index (χ2v) is 12.3. The second kappa shape index (κ2) is 12.7. The van der Waals surface area contributed by atoms with Crippen LogP contribution in [0.3, 0.4) is 0 Å². The lowest BCUT2D eigenvalue weighted by Crippen LogP contribution is -2.38. The minimum absolute atomic E-state index is 0.0319. The molecule has 42 heavy (non-hydrogen) atoms. The number of hydrogen-bond acceptors (Lipinski definition) is 8. The van der Waals surface area contributed by atoms with Crippen molar-refractivity contribution in [3.8, 4) is 17.3 Å². The predicted octanol–water partition coefficient (Wildman–Crippen LogP) is 5.20. The highest BCUT2D eigenvalue weighted by Crippen LogP contribution is 2.41. The lowest BCUT2D eigenvalue weighted by Gasteiger charge is -2.31. The molecule has 11 heteroatoms. The number of nitriles is 1. The molecule has 2 aliphatic rings. The van der Waals surface area contributed by atoms with E-state index in [0.29, 0.717) is 48.7 Å². The van der Waals surface area contributed by atoms with Gasteiger partial charge in [-0.3, -0.25) is 9.58 Å². The molecule has 0 saturated carbocycles. The fraction of sp³-hybridized carbons (Fsp3) is 0.548. The van der Waals surface area contributed by atoms with E-state index in [-0.39, 0.29) is 13.2 Å². The molecule has 9 nitrogen and oxygen atoms in total. The van der Waals surface area contributed by atoms with Gasteiger partial charge in [0.05, 0.1) is 47.7 Å². The summed E-state index contributed by atoms with van der Waals surface area (Å²) in [6.45, 7) is 8.88. The number of rotatable bonds is 11. The molecule has 0 radical (unpaired) electrons. The summed E-state index contributed by atoms with van der Waals surface area (Å²) in [5.74, 6) is 1.34. The summed E-state index contributed by atoms with van der Waals surface area (Å²) in [4.78, 5) is 11.1. The zero-order chi connectivity index (χ0) is 29.9. The number of anilines is 3. The van der Waals surface area contributed by atoms with Crippen LogP contribution in [0.5, 0.6) is 0 Å². The first-order valence-corrected chi connectivity index (χ1v) is 14.8. The van der Waals surface area contributed by atoms with Crippen molar-refractivity contribution in [2.75, 3.05) is 43.4 Å². The van der Waals surface area contributed by atoms with Crippen LogP contribution >= 0.6 is 0 Å². The molecule has 1 fully saturated rings. The Kier molecular flexibility index (Phi) is 9.04. The van der Waals surface area contributed by atoms with E-state index in [1.54, 1.807) is 6.20 Å². The Bertz CT molecular complexity index is 1430. The summed E-state index contributed by atoms with van der Waals surface area (Å²) in [6, 6.07) is 7.91. The summed E-state index contributed by atoms with van der Waals surface area (Å²) in [5.41, 5.74) is 5.11. The van der Waals surface area contributed by atoms with Crippen molar-refractivity contribution < 1.29 is 13.9 Å². The van der Waals surface area contributed by atoms with Gasteiger partial charge in [0.1, 0.15) is 6.07 Å². The molecule has 1 unspecified atom stereocenters. The van der Waals surface area contributed by atoms with Crippen LogP contribution in [0.25, 0.3) is 11.3 Å². The van der Waals surface area contributed by atoms with E-state index >= 15 is 0 Å². The highest BCUT2D eigenvalue weighted by Gasteiger charge is 2.36. The quantitative estimate of drug-likeness (QED) is 0.285. The average Bonchev–Trinajstić information content (AvgIpc) is 3.52. The molecule has 224 valence electrons. The van der Waals surface area contributed by atoms with Crippen molar-refractivity contribution in [2.24, 2.45) is 11.8 Å². The Balaban J connectivity index is 1.37. The zero-order valence-corrected chi connectivity index (χ0v) is 24.6. The molecule has 2 aliphatic heterocycles. The zero-order valence-electron chi connectivity index (χ0n) is 24.6. The molecule has 0 bridgehead atoms. The number of aliphatic hydroxyl groups is 1. The summed E-state index contributed by atoms with van der Waals surface area (Å²) < 4.78 is 27.7. The maximum Gasteiger partial charge on any atom is 0.251 e. The smallest absolute Gasteiger partial charge is 0.251 e. The summed E-state index contributed by atoms with van der Waals surface area (Å²) in [7, 11) is 0. The number of aliphatic hydroxyl groups excluding tert-OH is 1. The van der Waals surface area contributed by atoms with Crippen LogP contribution in [-0.4, -0.2) is 69.0 Å². The number of fused-ring (bicyclic) bond motifs is 1. The van der Waals surface area contributed by atoms with E-state index in [9.17, 15) is 19.1 Å². The number of nitrogens with one attached hydrogen (secondary N) is 2. The SMILES string of the molecule is CC(C)CCc1c(Nc2nccc(-c3cc(C#N)c4c(c3)C(C)(CO)CN4)n2)cnn1CC1CCN(CC(F)F)CC1. The number of piperidine rings is 1. The van der Waals surface area contributed by atoms with Gasteiger partial charge in [0, 0.05) is 30.3 Å². The average molecular weight is 579 g/mol. The monoisotopic (exact) mass is 578 g/mol. The van der Waals surface area contributed by atoms with E-state index in [0.717, 1.165) is 60.4 Å². The number of likely N-dealkylation sites (tertiary alicyclic amines) is 1. The van der Waals surface area contributed by atoms with Crippen LogP contribution in [0.1, 0.15) is 56.9 Å². The van der Waals surface area contributed by atoms with Crippen molar-refractivity contribution in [2.45, 2.75) is 64.8 Å². The molecule has 0 spiro atoms. The molecule has 2 aromatic heterocycles. The predicted molar refractivity (Wildman–Crippen MR) is 159 cm³/mol. The first-order chi connectivity index (χ1) is 20.2. The van der Waals surface area contributed by atoms with Crippen LogP contribution in [0.2, 0.25) is 0 Å². The molecule has 1 atom stereocenters. The summed E-state index contributed by atoms with van der Waals surface area (Å²) in [6.07, 6.45) is 4.81. The fourth-order valence-corrected chi connectivity index (χ4v) is 5.92. The number of halogens is 2.